The Labute approximate surface area is 22.2 Å². The van der Waals surface area contributed by atoms with Crippen LogP contribution in [0.25, 0.3) is 0 Å². The number of rotatable bonds is 1. The zero-order valence-electron chi connectivity index (χ0n) is 1.80. The minimum absolute atomic E-state index is 0.181. The Balaban J connectivity index is 2.73. The molecule has 0 aromatic carbocycles. The molecule has 0 radical (unpaired) electrons. The van der Waals surface area contributed by atoms with Gasteiger partial charge in [0, 0.05) is 0 Å². The Morgan fingerprint density at radius 3 is 2.00 bits per heavy atom. The Hall–Kier alpha value is -0.730. The summed E-state index contributed by atoms with van der Waals surface area (Å²) in [5.41, 5.74) is 0. The molecule has 3 heteroatoms. The second-order valence-electron chi connectivity index (χ2n) is 0.192. The van der Waals surface area contributed by atoms with E-state index in [2.05, 4.69) is 4.60 Å². The predicted molar refractivity (Wildman–Crippen MR) is 12.8 cm³/mol. The fourth-order valence-corrected chi connectivity index (χ4v) is 0. The lowest BCUT2D eigenvalue weighted by Crippen LogP contribution is -1.49. The third-order valence-electron chi connectivity index (χ3n) is 0.0393. The molecule has 0 rings (SSSR count). The van der Waals surface area contributed by atoms with Gasteiger partial charge in [-0.3, -0.25) is 0 Å². The molecule has 0 unspecified atom stereocenters. The zero-order chi connectivity index (χ0) is 3.41. The van der Waals surface area contributed by atoms with E-state index in [1.54, 1.807) is 0 Å². The average Bonchev–Trinajstić information content (AvgIpc) is 1.37. The molecule has 0 fully saturated rings. The van der Waals surface area contributed by atoms with Crippen molar-refractivity contribution in [2.45, 2.75) is 0 Å². The van der Waals surface area contributed by atoms with Crippen molar-refractivity contribution in [3.05, 3.63) is 9.56 Å². The molecular formula is CHO3+. The number of carbonyl (C=O) groups is 1. The highest BCUT2D eigenvalue weighted by Gasteiger charge is 1.67. The van der Waals surface area contributed by atoms with Gasteiger partial charge in [0.2, 0.25) is 0 Å². The van der Waals surface area contributed by atoms with Crippen LogP contribution in [0.3, 0.4) is 0 Å². The molecule has 0 atom stereocenters. The lowest BCUT2D eigenvalue weighted by Gasteiger charge is -1.15. The van der Waals surface area contributed by atoms with E-state index < -0.39 is 0 Å². The van der Waals surface area contributed by atoms with Crippen molar-refractivity contribution < 1.29 is 4.79 Å². The van der Waals surface area contributed by atoms with Gasteiger partial charge < -0.3 is 0 Å². The van der Waals surface area contributed by atoms with Crippen LogP contribution in [0.2, 0.25) is 0 Å². The first-order chi connectivity index (χ1) is 1.91. The zero-order valence-corrected chi connectivity index (χ0v) is 1.80. The van der Waals surface area contributed by atoms with Gasteiger partial charge in [0.1, 0.15) is 0 Å². The van der Waals surface area contributed by atoms with E-state index >= 15 is 0 Å². The van der Waals surface area contributed by atoms with Crippen LogP contribution >= 0.6 is 0 Å². The Morgan fingerprint density at radius 2 is 2.00 bits per heavy atom. The van der Waals surface area contributed by atoms with Crippen LogP contribution in [-0.2, 0) is 4.79 Å². The van der Waals surface area contributed by atoms with Gasteiger partial charge in [-0.1, -0.05) is 0 Å². The molecule has 0 N–H and O–H groups in total. The van der Waals surface area contributed by atoms with Crippen LogP contribution in [0.1, 0.15) is 0 Å². The van der Waals surface area contributed by atoms with E-state index in [9.17, 15) is 0 Å². The normalized spacial score (nSPS) is 5.00. The molecular weight excluding hydrogens is 60.0 g/mol. The van der Waals surface area contributed by atoms with Gasteiger partial charge in [-0.2, -0.15) is 0 Å². The van der Waals surface area contributed by atoms with Crippen molar-refractivity contribution in [2.75, 3.05) is 0 Å². The van der Waals surface area contributed by atoms with E-state index in [-0.39, 0.29) is 6.47 Å². The van der Waals surface area contributed by atoms with Crippen molar-refractivity contribution >= 4 is 6.47 Å². The molecule has 0 bridgehead atoms. The number of hydrogen-bond donors (Lipinski definition) is 0. The molecule has 22 valence electrons. The quantitative estimate of drug-likeness (QED) is 0.310. The SMILES string of the molecule is O=C[O+]=O. The second kappa shape index (κ2) is 2.27. The minimum atomic E-state index is -0.181. The third kappa shape index (κ3) is 1.27. The van der Waals surface area contributed by atoms with Crippen LogP contribution in [0.4, 0.5) is 0 Å². The van der Waals surface area contributed by atoms with Crippen LogP contribution in [0.5, 0.6) is 0 Å². The van der Waals surface area contributed by atoms with Crippen molar-refractivity contribution in [3.8, 4) is 0 Å². The van der Waals surface area contributed by atoms with Gasteiger partial charge in [-0.25, -0.2) is 0 Å². The summed E-state index contributed by atoms with van der Waals surface area (Å²) in [6.45, 7) is -0.181. The molecule has 3 nitrogen and oxygen atoms in total. The second-order valence-corrected chi connectivity index (χ2v) is 0.192. The van der Waals surface area contributed by atoms with Gasteiger partial charge in [0.15, 0.2) is 0 Å². The lowest BCUT2D eigenvalue weighted by atomic mass is 11.7. The first-order valence-corrected chi connectivity index (χ1v) is 0.638. The van der Waals surface area contributed by atoms with E-state index in [0.717, 1.165) is 0 Å². The molecule has 0 aromatic rings. The average molecular weight is 61.0 g/mol. The minimum Gasteiger partial charge on any atom is -0.00633 e. The summed E-state index contributed by atoms with van der Waals surface area (Å²) in [5.74, 6) is 0. The highest BCUT2D eigenvalue weighted by Crippen LogP contribution is 1.27. The first kappa shape index (κ1) is 3.27. The van der Waals surface area contributed by atoms with Crippen molar-refractivity contribution in [1.82, 2.24) is 0 Å². The summed E-state index contributed by atoms with van der Waals surface area (Å²) in [4.78, 5) is 17.1. The maximum atomic E-state index is 8.64. The van der Waals surface area contributed by atoms with E-state index in [1.807, 2.05) is 0 Å². The van der Waals surface area contributed by atoms with E-state index in [1.165, 1.54) is 0 Å². The van der Waals surface area contributed by atoms with Gasteiger partial charge >= 0.3 is 6.47 Å². The molecule has 0 spiro atoms. The Morgan fingerprint density at radius 1 is 1.75 bits per heavy atom. The molecule has 0 saturated heterocycles. The summed E-state index contributed by atoms with van der Waals surface area (Å²) < 4.78 is 2.61. The molecule has 0 heterocycles. The molecule has 0 aliphatic rings. The Kier molecular flexibility index (Phi) is 1.86. The van der Waals surface area contributed by atoms with Crippen molar-refractivity contribution in [1.29, 1.82) is 0 Å². The van der Waals surface area contributed by atoms with Crippen molar-refractivity contribution in [2.24, 2.45) is 0 Å². The number of hydrogen-bond acceptors (Lipinski definition) is 2. The predicted octanol–water partition coefficient (Wildman–Crippen LogP) is -0.241. The molecule has 0 amide bonds. The molecule has 4 heavy (non-hydrogen) atoms. The largest absolute Gasteiger partial charge is 0.624 e. The molecule has 0 aliphatic heterocycles. The fraction of sp³-hybridized carbons (Fsp3) is 0. The highest BCUT2D eigenvalue weighted by atomic mass is 16.8. The summed E-state index contributed by atoms with van der Waals surface area (Å²) in [6.07, 6.45) is 0. The standard InChI is InChI=1S/CHO3/c2-1-4-3/h1H/q+1. The van der Waals surface area contributed by atoms with Crippen LogP contribution in [0, 0.1) is 9.56 Å². The molecule has 0 saturated carbocycles. The topological polar surface area (TPSA) is 45.4 Å². The fourth-order valence-electron chi connectivity index (χ4n) is 0. The maximum absolute atomic E-state index is 8.64. The first-order valence-electron chi connectivity index (χ1n) is 0.638. The van der Waals surface area contributed by atoms with Gasteiger partial charge in [0.25, 0.3) is 0 Å². The van der Waals surface area contributed by atoms with Crippen molar-refractivity contribution in [3.63, 3.8) is 0 Å². The van der Waals surface area contributed by atoms with Gasteiger partial charge in [-0.05, 0) is 4.60 Å². The number of carbonyl (C=O) groups excluding carboxylic acids is 1. The maximum Gasteiger partial charge on any atom is 0.624 e. The monoisotopic (exact) mass is 61.0 g/mol. The Bertz CT molecular complexity index is 24.3. The summed E-state index contributed by atoms with van der Waals surface area (Å²) >= 11 is 0. The van der Waals surface area contributed by atoms with Crippen LogP contribution in [-0.4, -0.2) is 6.47 Å². The summed E-state index contributed by atoms with van der Waals surface area (Å²) in [7, 11) is 0. The smallest absolute Gasteiger partial charge is 0.00633 e. The van der Waals surface area contributed by atoms with Crippen LogP contribution in [0.15, 0.2) is 0 Å². The lowest BCUT2D eigenvalue weighted by molar-refractivity contribution is -0.104. The summed E-state index contributed by atoms with van der Waals surface area (Å²) in [6, 6.07) is 0. The summed E-state index contributed by atoms with van der Waals surface area (Å²) in [5, 5.41) is 0. The van der Waals surface area contributed by atoms with Gasteiger partial charge in [-0.15, -0.1) is 0 Å². The van der Waals surface area contributed by atoms with E-state index in [4.69, 9.17) is 9.76 Å². The molecule has 0 aromatic heterocycles. The highest BCUT2D eigenvalue weighted by molar-refractivity contribution is 5.60. The van der Waals surface area contributed by atoms with Crippen LogP contribution < -0.4 is 0 Å². The van der Waals surface area contributed by atoms with Gasteiger partial charge in [0.05, 0.1) is 9.76 Å². The van der Waals surface area contributed by atoms with E-state index in [0.29, 0.717) is 0 Å². The molecule has 0 aliphatic carbocycles. The third-order valence-corrected chi connectivity index (χ3v) is 0.0393.